The summed E-state index contributed by atoms with van der Waals surface area (Å²) in [6, 6.07) is 11.5. The Morgan fingerprint density at radius 1 is 1.33 bits per heavy atom. The van der Waals surface area contributed by atoms with E-state index in [4.69, 9.17) is 4.74 Å². The smallest absolute Gasteiger partial charge is 0.224 e. The van der Waals surface area contributed by atoms with E-state index in [1.807, 2.05) is 44.2 Å². The van der Waals surface area contributed by atoms with Gasteiger partial charge in [0, 0.05) is 24.0 Å². The summed E-state index contributed by atoms with van der Waals surface area (Å²) < 4.78 is 5.21. The van der Waals surface area contributed by atoms with Crippen LogP contribution in [0.4, 0.5) is 5.69 Å². The number of aryl methyl sites for hydroxylation is 1. The lowest BCUT2D eigenvalue weighted by Crippen LogP contribution is -2.14. The van der Waals surface area contributed by atoms with Crippen LogP contribution in [0.3, 0.4) is 0 Å². The number of carbonyl (C=O) groups excluding carboxylic acids is 1. The Balaban J connectivity index is 1.98. The Hall–Kier alpha value is -2.36. The predicted octanol–water partition coefficient (Wildman–Crippen LogP) is 3.53. The minimum absolute atomic E-state index is 0.00378. The number of hydrogen-bond acceptors (Lipinski definition) is 3. The fourth-order valence-electron chi connectivity index (χ4n) is 2.18. The van der Waals surface area contributed by atoms with Crippen molar-refractivity contribution in [2.75, 3.05) is 12.4 Å². The van der Waals surface area contributed by atoms with Gasteiger partial charge >= 0.3 is 0 Å². The van der Waals surface area contributed by atoms with Gasteiger partial charge in [-0.3, -0.25) is 9.78 Å². The largest absolute Gasteiger partial charge is 0.497 e. The first kappa shape index (κ1) is 15.0. The quantitative estimate of drug-likeness (QED) is 0.913. The van der Waals surface area contributed by atoms with Gasteiger partial charge in [0.05, 0.1) is 7.11 Å². The van der Waals surface area contributed by atoms with Crippen molar-refractivity contribution in [1.82, 2.24) is 4.98 Å². The molecule has 0 saturated carbocycles. The van der Waals surface area contributed by atoms with E-state index in [9.17, 15) is 4.79 Å². The molecule has 110 valence electrons. The summed E-state index contributed by atoms with van der Waals surface area (Å²) in [5, 5.41) is 2.90. The van der Waals surface area contributed by atoms with Crippen LogP contribution in [0, 0.1) is 6.92 Å². The van der Waals surface area contributed by atoms with Gasteiger partial charge < -0.3 is 10.1 Å². The van der Waals surface area contributed by atoms with Crippen LogP contribution in [0.25, 0.3) is 0 Å². The van der Waals surface area contributed by atoms with Crippen molar-refractivity contribution in [2.24, 2.45) is 0 Å². The Kier molecular flexibility index (Phi) is 4.93. The maximum atomic E-state index is 12.1. The third-order valence-corrected chi connectivity index (χ3v) is 3.33. The fourth-order valence-corrected chi connectivity index (χ4v) is 2.18. The zero-order chi connectivity index (χ0) is 15.2. The number of carbonyl (C=O) groups is 1. The highest BCUT2D eigenvalue weighted by atomic mass is 16.5. The molecule has 0 fully saturated rings. The monoisotopic (exact) mass is 284 g/mol. The first-order chi connectivity index (χ1) is 10.1. The Morgan fingerprint density at radius 2 is 2.14 bits per heavy atom. The minimum atomic E-state index is -0.00378. The Morgan fingerprint density at radius 3 is 2.86 bits per heavy atom. The van der Waals surface area contributed by atoms with Crippen LogP contribution < -0.4 is 10.1 Å². The first-order valence-corrected chi connectivity index (χ1v) is 6.95. The van der Waals surface area contributed by atoms with Crippen molar-refractivity contribution in [3.8, 4) is 5.75 Å². The summed E-state index contributed by atoms with van der Waals surface area (Å²) in [5.74, 6) is 0.934. The Bertz CT molecular complexity index is 626. The topological polar surface area (TPSA) is 51.2 Å². The van der Waals surface area contributed by atoms with E-state index < -0.39 is 0 Å². The second-order valence-corrected chi connectivity index (χ2v) is 5.12. The number of anilines is 1. The van der Waals surface area contributed by atoms with Gasteiger partial charge in [-0.05, 0) is 42.7 Å². The van der Waals surface area contributed by atoms with Gasteiger partial charge in [-0.15, -0.1) is 0 Å². The molecule has 2 aromatic rings. The SMILES string of the molecule is COc1cccc(C(C)CC(=O)Nc2ccnc(C)c2)c1. The van der Waals surface area contributed by atoms with Crippen molar-refractivity contribution in [3.05, 3.63) is 53.9 Å². The molecule has 1 aromatic carbocycles. The number of benzene rings is 1. The third-order valence-electron chi connectivity index (χ3n) is 3.33. The average Bonchev–Trinajstić information content (AvgIpc) is 2.47. The highest BCUT2D eigenvalue weighted by molar-refractivity contribution is 5.91. The summed E-state index contributed by atoms with van der Waals surface area (Å²) in [5.41, 5.74) is 2.76. The van der Waals surface area contributed by atoms with Gasteiger partial charge in [-0.1, -0.05) is 19.1 Å². The summed E-state index contributed by atoms with van der Waals surface area (Å²) >= 11 is 0. The van der Waals surface area contributed by atoms with Crippen molar-refractivity contribution >= 4 is 11.6 Å². The van der Waals surface area contributed by atoms with Gasteiger partial charge in [-0.2, -0.15) is 0 Å². The van der Waals surface area contributed by atoms with Crippen molar-refractivity contribution in [1.29, 1.82) is 0 Å². The highest BCUT2D eigenvalue weighted by Crippen LogP contribution is 2.23. The van der Waals surface area contributed by atoms with Crippen molar-refractivity contribution in [3.63, 3.8) is 0 Å². The van der Waals surface area contributed by atoms with Gasteiger partial charge in [0.25, 0.3) is 0 Å². The van der Waals surface area contributed by atoms with Crippen LogP contribution >= 0.6 is 0 Å². The maximum Gasteiger partial charge on any atom is 0.224 e. The molecule has 1 heterocycles. The van der Waals surface area contributed by atoms with Gasteiger partial charge in [0.2, 0.25) is 5.91 Å². The lowest BCUT2D eigenvalue weighted by molar-refractivity contribution is -0.116. The predicted molar refractivity (Wildman–Crippen MR) is 83.6 cm³/mol. The number of nitrogens with one attached hydrogen (secondary N) is 1. The van der Waals surface area contributed by atoms with E-state index in [-0.39, 0.29) is 11.8 Å². The number of pyridine rings is 1. The molecule has 2 rings (SSSR count). The van der Waals surface area contributed by atoms with Crippen LogP contribution in [-0.2, 0) is 4.79 Å². The molecule has 0 aliphatic heterocycles. The zero-order valence-electron chi connectivity index (χ0n) is 12.6. The van der Waals surface area contributed by atoms with Crippen LogP contribution in [0.15, 0.2) is 42.6 Å². The minimum Gasteiger partial charge on any atom is -0.497 e. The molecule has 0 bridgehead atoms. The molecule has 1 unspecified atom stereocenters. The normalized spacial score (nSPS) is 11.8. The molecule has 0 radical (unpaired) electrons. The molecule has 1 N–H and O–H groups in total. The molecule has 1 aromatic heterocycles. The lowest BCUT2D eigenvalue weighted by Gasteiger charge is -2.13. The fraction of sp³-hybridized carbons (Fsp3) is 0.294. The molecule has 0 aliphatic carbocycles. The van der Waals surface area contributed by atoms with E-state index in [1.54, 1.807) is 19.4 Å². The summed E-state index contributed by atoms with van der Waals surface area (Å²) in [7, 11) is 1.64. The van der Waals surface area contributed by atoms with E-state index in [0.29, 0.717) is 6.42 Å². The number of methoxy groups -OCH3 is 1. The number of aromatic nitrogens is 1. The van der Waals surface area contributed by atoms with Crippen molar-refractivity contribution in [2.45, 2.75) is 26.2 Å². The molecule has 21 heavy (non-hydrogen) atoms. The van der Waals surface area contributed by atoms with E-state index in [0.717, 1.165) is 22.7 Å². The molecule has 1 amide bonds. The van der Waals surface area contributed by atoms with Crippen LogP contribution in [0.2, 0.25) is 0 Å². The molecule has 4 heteroatoms. The maximum absolute atomic E-state index is 12.1. The molecule has 0 saturated heterocycles. The molecule has 0 spiro atoms. The third kappa shape index (κ3) is 4.31. The standard InChI is InChI=1S/C17H20N2O2/c1-12(14-5-4-6-16(11-14)21-3)9-17(20)19-15-7-8-18-13(2)10-15/h4-8,10-12H,9H2,1-3H3,(H,18,19,20). The van der Waals surface area contributed by atoms with Crippen LogP contribution in [0.1, 0.15) is 30.5 Å². The highest BCUT2D eigenvalue weighted by Gasteiger charge is 2.12. The second kappa shape index (κ2) is 6.88. The molecular formula is C17H20N2O2. The number of amides is 1. The van der Waals surface area contributed by atoms with E-state index in [1.165, 1.54) is 0 Å². The second-order valence-electron chi connectivity index (χ2n) is 5.12. The first-order valence-electron chi connectivity index (χ1n) is 6.95. The van der Waals surface area contributed by atoms with Crippen molar-refractivity contribution < 1.29 is 9.53 Å². The Labute approximate surface area is 125 Å². The van der Waals surface area contributed by atoms with E-state index in [2.05, 4.69) is 10.3 Å². The van der Waals surface area contributed by atoms with Gasteiger partial charge in [0.1, 0.15) is 5.75 Å². The lowest BCUT2D eigenvalue weighted by atomic mass is 9.97. The molecule has 0 aliphatic rings. The van der Waals surface area contributed by atoms with E-state index >= 15 is 0 Å². The number of hydrogen-bond donors (Lipinski definition) is 1. The molecular weight excluding hydrogens is 264 g/mol. The molecule has 1 atom stereocenters. The van der Waals surface area contributed by atoms with Gasteiger partial charge in [-0.25, -0.2) is 0 Å². The van der Waals surface area contributed by atoms with Crippen LogP contribution in [-0.4, -0.2) is 18.0 Å². The molecule has 4 nitrogen and oxygen atoms in total. The summed E-state index contributed by atoms with van der Waals surface area (Å²) in [4.78, 5) is 16.2. The van der Waals surface area contributed by atoms with Crippen LogP contribution in [0.5, 0.6) is 5.75 Å². The zero-order valence-corrected chi connectivity index (χ0v) is 12.6. The summed E-state index contributed by atoms with van der Waals surface area (Å²) in [6.45, 7) is 3.93. The number of nitrogens with zero attached hydrogens (tertiary/aromatic N) is 1. The van der Waals surface area contributed by atoms with Gasteiger partial charge in [0.15, 0.2) is 0 Å². The average molecular weight is 284 g/mol. The summed E-state index contributed by atoms with van der Waals surface area (Å²) in [6.07, 6.45) is 2.12. The number of rotatable bonds is 5. The number of ether oxygens (including phenoxy) is 1.